The Labute approximate surface area is 197 Å². The van der Waals surface area contributed by atoms with Crippen molar-refractivity contribution in [2.24, 2.45) is 17.3 Å². The van der Waals surface area contributed by atoms with E-state index in [9.17, 15) is 21.6 Å². The van der Waals surface area contributed by atoms with E-state index in [0.717, 1.165) is 44.1 Å². The number of likely N-dealkylation sites (tertiary alicyclic amines) is 1. The van der Waals surface area contributed by atoms with Gasteiger partial charge in [-0.15, -0.1) is 0 Å². The second kappa shape index (κ2) is 7.29. The van der Waals surface area contributed by atoms with E-state index in [1.54, 1.807) is 6.07 Å². The van der Waals surface area contributed by atoms with Crippen LogP contribution in [0.5, 0.6) is 0 Å². The van der Waals surface area contributed by atoms with Crippen LogP contribution in [0.15, 0.2) is 24.3 Å². The Kier molecular flexibility index (Phi) is 4.83. The van der Waals surface area contributed by atoms with Gasteiger partial charge in [-0.1, -0.05) is 6.07 Å². The van der Waals surface area contributed by atoms with Crippen LogP contribution in [0.1, 0.15) is 56.5 Å². The predicted molar refractivity (Wildman–Crippen MR) is 121 cm³/mol. The quantitative estimate of drug-likeness (QED) is 0.639. The Hall–Kier alpha value is -1.94. The summed E-state index contributed by atoms with van der Waals surface area (Å²) < 4.78 is 64.8. The highest BCUT2D eigenvalue weighted by atomic mass is 32.2. The molecule has 2 aromatic rings. The third kappa shape index (κ3) is 3.68. The van der Waals surface area contributed by atoms with E-state index in [-0.39, 0.29) is 17.2 Å². The molecule has 0 radical (unpaired) electrons. The summed E-state index contributed by atoms with van der Waals surface area (Å²) in [6.45, 7) is 5.96. The van der Waals surface area contributed by atoms with Crippen LogP contribution in [-0.2, 0) is 16.0 Å². The monoisotopic (exact) mass is 494 g/mol. The summed E-state index contributed by atoms with van der Waals surface area (Å²) in [6.07, 6.45) is -1.31. The first-order chi connectivity index (χ1) is 15.9. The molecule has 6 nitrogen and oxygen atoms in total. The van der Waals surface area contributed by atoms with Gasteiger partial charge >= 0.3 is 6.18 Å². The SMILES string of the molecule is CC(C)n1nc(-c2cccc(C(F)(F)F)n2)cc1C1[C@H]2CC(N3CCC4(C3)CS(=O)(=O)C4)C[C@@H]12. The van der Waals surface area contributed by atoms with Crippen LogP contribution in [0.4, 0.5) is 13.2 Å². The Morgan fingerprint density at radius 2 is 1.82 bits per heavy atom. The molecular formula is C24H29F3N4O2S. The van der Waals surface area contributed by atoms with Crippen LogP contribution in [0.2, 0.25) is 0 Å². The van der Waals surface area contributed by atoms with Gasteiger partial charge in [0.25, 0.3) is 0 Å². The van der Waals surface area contributed by atoms with Crippen LogP contribution in [-0.4, -0.2) is 58.7 Å². The average Bonchev–Trinajstić information content (AvgIpc) is 3.18. The molecule has 0 N–H and O–H groups in total. The van der Waals surface area contributed by atoms with Gasteiger partial charge < -0.3 is 0 Å². The highest BCUT2D eigenvalue weighted by molar-refractivity contribution is 7.92. The summed E-state index contributed by atoms with van der Waals surface area (Å²) in [5, 5.41) is 4.66. The second-order valence-corrected chi connectivity index (χ2v) is 13.2. The van der Waals surface area contributed by atoms with Crippen LogP contribution >= 0.6 is 0 Å². The predicted octanol–water partition coefficient (Wildman–Crippen LogP) is 4.16. The molecule has 2 saturated carbocycles. The average molecular weight is 495 g/mol. The molecule has 4 fully saturated rings. The Morgan fingerprint density at radius 1 is 1.12 bits per heavy atom. The molecule has 2 aliphatic carbocycles. The molecule has 4 atom stereocenters. The maximum Gasteiger partial charge on any atom is 0.433 e. The van der Waals surface area contributed by atoms with Gasteiger partial charge in [-0.3, -0.25) is 9.58 Å². The molecule has 10 heteroatoms. The molecule has 0 bridgehead atoms. The van der Waals surface area contributed by atoms with E-state index in [1.807, 2.05) is 24.6 Å². The smallest absolute Gasteiger partial charge is 0.300 e. The van der Waals surface area contributed by atoms with E-state index < -0.39 is 21.7 Å². The van der Waals surface area contributed by atoms with Crippen molar-refractivity contribution in [2.45, 2.75) is 57.3 Å². The molecule has 2 saturated heterocycles. The topological polar surface area (TPSA) is 68.1 Å². The highest BCUT2D eigenvalue weighted by Gasteiger charge is 2.60. The fourth-order valence-electron chi connectivity index (χ4n) is 6.89. The minimum absolute atomic E-state index is 0.00582. The van der Waals surface area contributed by atoms with Gasteiger partial charge in [0, 0.05) is 35.7 Å². The number of aromatic nitrogens is 3. The van der Waals surface area contributed by atoms with Crippen molar-refractivity contribution in [3.63, 3.8) is 0 Å². The molecule has 34 heavy (non-hydrogen) atoms. The van der Waals surface area contributed by atoms with Crippen LogP contribution in [0.25, 0.3) is 11.4 Å². The van der Waals surface area contributed by atoms with Gasteiger partial charge in [-0.25, -0.2) is 13.4 Å². The number of sulfone groups is 1. The van der Waals surface area contributed by atoms with Gasteiger partial charge in [-0.2, -0.15) is 18.3 Å². The number of halogens is 3. The minimum Gasteiger partial charge on any atom is -0.300 e. The van der Waals surface area contributed by atoms with E-state index in [2.05, 4.69) is 15.0 Å². The van der Waals surface area contributed by atoms with Gasteiger partial charge in [0.2, 0.25) is 0 Å². The lowest BCUT2D eigenvalue weighted by Crippen LogP contribution is -2.50. The molecule has 2 aromatic heterocycles. The van der Waals surface area contributed by atoms with Crippen molar-refractivity contribution in [3.05, 3.63) is 35.7 Å². The number of hydrogen-bond donors (Lipinski definition) is 0. The van der Waals surface area contributed by atoms with E-state index in [4.69, 9.17) is 0 Å². The summed E-state index contributed by atoms with van der Waals surface area (Å²) in [5.41, 5.74) is 0.926. The van der Waals surface area contributed by atoms with Crippen molar-refractivity contribution in [1.82, 2.24) is 19.7 Å². The molecule has 184 valence electrons. The maximum atomic E-state index is 13.1. The molecule has 0 amide bonds. The summed E-state index contributed by atoms with van der Waals surface area (Å²) in [4.78, 5) is 6.34. The van der Waals surface area contributed by atoms with E-state index in [0.29, 0.717) is 41.0 Å². The molecular weight excluding hydrogens is 465 g/mol. The van der Waals surface area contributed by atoms with Gasteiger partial charge in [-0.05, 0) is 69.7 Å². The lowest BCUT2D eigenvalue weighted by molar-refractivity contribution is -0.141. The number of fused-ring (bicyclic) bond motifs is 1. The zero-order chi connectivity index (χ0) is 24.0. The van der Waals surface area contributed by atoms with E-state index in [1.165, 1.54) is 6.07 Å². The third-order valence-electron chi connectivity index (χ3n) is 8.35. The number of hydrogen-bond acceptors (Lipinski definition) is 5. The van der Waals surface area contributed by atoms with Crippen molar-refractivity contribution < 1.29 is 21.6 Å². The first-order valence-corrected chi connectivity index (χ1v) is 13.9. The lowest BCUT2D eigenvalue weighted by Gasteiger charge is -2.38. The Morgan fingerprint density at radius 3 is 2.44 bits per heavy atom. The molecule has 6 rings (SSSR count). The number of rotatable bonds is 4. The summed E-state index contributed by atoms with van der Waals surface area (Å²) >= 11 is 0. The number of alkyl halides is 3. The zero-order valence-corrected chi connectivity index (χ0v) is 20.1. The highest BCUT2D eigenvalue weighted by Crippen LogP contribution is 2.64. The molecule has 0 aromatic carbocycles. The fourth-order valence-corrected chi connectivity index (χ4v) is 9.14. The fraction of sp³-hybridized carbons (Fsp3) is 0.667. The lowest BCUT2D eigenvalue weighted by atomic mass is 9.91. The summed E-state index contributed by atoms with van der Waals surface area (Å²) in [6, 6.07) is 6.49. The first kappa shape index (κ1) is 22.5. The van der Waals surface area contributed by atoms with Crippen LogP contribution in [0, 0.1) is 17.3 Å². The number of nitrogens with zero attached hydrogens (tertiary/aromatic N) is 4. The second-order valence-electron chi connectivity index (χ2n) is 11.1. The van der Waals surface area contributed by atoms with Crippen molar-refractivity contribution in [2.75, 3.05) is 24.6 Å². The number of pyridine rings is 1. The standard InChI is InChI=1S/C24H29F3N4O2S/c1-14(2)31-20(10-19(29-31)18-4-3-5-21(28-18)24(25,26)27)22-16-8-15(9-17(16)22)30-7-6-23(11-30)12-34(32,33)13-23/h3-5,10,14-17,22H,6-9,11-13H2,1-2H3/t15?,16-,17+,22?. The van der Waals surface area contributed by atoms with Crippen LogP contribution in [0.3, 0.4) is 0 Å². The molecule has 2 aliphatic heterocycles. The van der Waals surface area contributed by atoms with Crippen LogP contribution < -0.4 is 0 Å². The summed E-state index contributed by atoms with van der Waals surface area (Å²) in [5.74, 6) is 2.19. The van der Waals surface area contributed by atoms with Gasteiger partial charge in [0.15, 0.2) is 9.84 Å². The largest absolute Gasteiger partial charge is 0.433 e. The van der Waals surface area contributed by atoms with Crippen molar-refractivity contribution in [3.8, 4) is 11.4 Å². The molecule has 2 unspecified atom stereocenters. The molecule has 4 aliphatic rings. The van der Waals surface area contributed by atoms with E-state index >= 15 is 0 Å². The zero-order valence-electron chi connectivity index (χ0n) is 19.3. The normalized spacial score (nSPS) is 31.7. The van der Waals surface area contributed by atoms with Crippen molar-refractivity contribution >= 4 is 9.84 Å². The Balaban J connectivity index is 1.17. The molecule has 4 heterocycles. The minimum atomic E-state index is -4.49. The maximum absolute atomic E-state index is 13.1. The van der Waals surface area contributed by atoms with Gasteiger partial charge in [0.1, 0.15) is 11.4 Å². The molecule has 1 spiro atoms. The summed E-state index contributed by atoms with van der Waals surface area (Å²) in [7, 11) is -2.82. The van der Waals surface area contributed by atoms with Crippen molar-refractivity contribution in [1.29, 1.82) is 0 Å². The van der Waals surface area contributed by atoms with Gasteiger partial charge in [0.05, 0.1) is 17.2 Å². The first-order valence-electron chi connectivity index (χ1n) is 12.0. The third-order valence-corrected chi connectivity index (χ3v) is 10.5. The Bertz CT molecular complexity index is 1220.